The van der Waals surface area contributed by atoms with Gasteiger partial charge in [-0.15, -0.1) is 0 Å². The van der Waals surface area contributed by atoms with E-state index in [2.05, 4.69) is 4.18 Å². The molecule has 0 aliphatic heterocycles. The lowest BCUT2D eigenvalue weighted by molar-refractivity contribution is 0.309. The van der Waals surface area contributed by atoms with Crippen LogP contribution in [0.2, 0.25) is 0 Å². The van der Waals surface area contributed by atoms with E-state index in [0.29, 0.717) is 5.75 Å². The largest absolute Gasteiger partial charge is 0.493 e. The van der Waals surface area contributed by atoms with Crippen LogP contribution in [0.3, 0.4) is 0 Å². The van der Waals surface area contributed by atoms with Gasteiger partial charge < -0.3 is 9.47 Å². The summed E-state index contributed by atoms with van der Waals surface area (Å²) in [4.78, 5) is 0. The van der Waals surface area contributed by atoms with E-state index in [4.69, 9.17) is 12.2 Å². The van der Waals surface area contributed by atoms with Gasteiger partial charge in [-0.05, 0) is 17.7 Å². The molecule has 1 rings (SSSR count). The summed E-state index contributed by atoms with van der Waals surface area (Å²) >= 11 is 0. The number of hydrogen-bond donors (Lipinski definition) is 0. The van der Waals surface area contributed by atoms with E-state index < -0.39 is 16.7 Å². The van der Waals surface area contributed by atoms with Gasteiger partial charge in [-0.3, -0.25) is 4.18 Å². The van der Waals surface area contributed by atoms with Gasteiger partial charge in [0.1, 0.15) is 0 Å². The van der Waals surface area contributed by atoms with Crippen LogP contribution in [0.1, 0.15) is 8.30 Å². The fourth-order valence-corrected chi connectivity index (χ4v) is 1.27. The predicted molar refractivity (Wildman–Crippen MR) is 59.2 cm³/mol. The lowest BCUT2D eigenvalue weighted by Gasteiger charge is -2.09. The Labute approximate surface area is 97.9 Å². The van der Waals surface area contributed by atoms with Crippen LogP contribution in [0.15, 0.2) is 18.2 Å². The van der Waals surface area contributed by atoms with Crippen LogP contribution < -0.4 is 9.47 Å². The molecule has 0 N–H and O–H groups in total. The van der Waals surface area contributed by atoms with E-state index in [-0.39, 0.29) is 11.3 Å². The molecule has 1 aromatic carbocycles. The first-order chi connectivity index (χ1) is 8.19. The highest BCUT2D eigenvalue weighted by atomic mass is 32.2. The molecule has 0 aliphatic rings. The Balaban J connectivity index is 3.17. The topological polar surface area (TPSA) is 61.8 Å². The maximum Gasteiger partial charge on any atom is 0.264 e. The molecule has 0 atom stereocenters. The van der Waals surface area contributed by atoms with Gasteiger partial charge in [0.2, 0.25) is 0 Å². The first-order valence-electron chi connectivity index (χ1n) is 5.33. The number of rotatable bonds is 5. The Kier molecular flexibility index (Phi) is 3.21. The van der Waals surface area contributed by atoms with Crippen molar-refractivity contribution in [1.82, 2.24) is 0 Å². The summed E-state index contributed by atoms with van der Waals surface area (Å²) in [6.45, 7) is -2.47. The maximum atomic E-state index is 11.0. The standard InChI is InChI=1S/C10H14O5S/c1-13-9-5-4-8(6-10(9)14-2)7-15-16(3,11)12/h4-6H,7H2,1-3H3/i7D2. The zero-order valence-corrected chi connectivity index (χ0v) is 10.00. The van der Waals surface area contributed by atoms with E-state index in [9.17, 15) is 8.42 Å². The van der Waals surface area contributed by atoms with Crippen molar-refractivity contribution in [3.8, 4) is 11.5 Å². The van der Waals surface area contributed by atoms with Crippen LogP contribution in [0.5, 0.6) is 11.5 Å². The molecule has 0 unspecified atom stereocenters. The summed E-state index contributed by atoms with van der Waals surface area (Å²) in [7, 11) is -1.07. The minimum Gasteiger partial charge on any atom is -0.493 e. The van der Waals surface area contributed by atoms with Gasteiger partial charge in [0, 0.05) is 0 Å². The second kappa shape index (κ2) is 5.18. The Hall–Kier alpha value is -1.27. The first-order valence-corrected chi connectivity index (χ1v) is 6.14. The zero-order valence-electron chi connectivity index (χ0n) is 11.2. The molecule has 0 amide bonds. The molecule has 0 aliphatic carbocycles. The van der Waals surface area contributed by atoms with Gasteiger partial charge in [0.15, 0.2) is 11.5 Å². The van der Waals surface area contributed by atoms with Crippen molar-refractivity contribution < 1.29 is 24.8 Å². The van der Waals surface area contributed by atoms with Gasteiger partial charge in [0.25, 0.3) is 10.1 Å². The lowest BCUT2D eigenvalue weighted by Crippen LogP contribution is -2.03. The second-order valence-corrected chi connectivity index (χ2v) is 4.53. The third-order valence-electron chi connectivity index (χ3n) is 1.69. The summed E-state index contributed by atoms with van der Waals surface area (Å²) in [5, 5.41) is 0. The number of methoxy groups -OCH3 is 2. The highest BCUT2D eigenvalue weighted by Crippen LogP contribution is 2.27. The molecule has 0 bridgehead atoms. The van der Waals surface area contributed by atoms with Crippen LogP contribution in [0.25, 0.3) is 0 Å². The Bertz CT molecular complexity index is 527. The van der Waals surface area contributed by atoms with Crippen molar-refractivity contribution in [3.63, 3.8) is 0 Å². The molecule has 0 radical (unpaired) electrons. The second-order valence-electron chi connectivity index (χ2n) is 2.96. The van der Waals surface area contributed by atoms with E-state index >= 15 is 0 Å². The summed E-state index contributed by atoms with van der Waals surface area (Å²) < 4.78 is 51.5. The van der Waals surface area contributed by atoms with E-state index in [1.807, 2.05) is 0 Å². The molecular formula is C10H14O5S. The van der Waals surface area contributed by atoms with Crippen molar-refractivity contribution in [1.29, 1.82) is 0 Å². The van der Waals surface area contributed by atoms with Gasteiger partial charge >= 0.3 is 0 Å². The predicted octanol–water partition coefficient (Wildman–Crippen LogP) is 1.18. The van der Waals surface area contributed by atoms with Crippen LogP contribution in [-0.2, 0) is 20.9 Å². The molecular weight excluding hydrogens is 232 g/mol. The summed E-state index contributed by atoms with van der Waals surface area (Å²) in [6, 6.07) is 4.16. The third kappa shape index (κ3) is 3.71. The van der Waals surface area contributed by atoms with Crippen LogP contribution in [0, 0.1) is 0 Å². The van der Waals surface area contributed by atoms with Gasteiger partial charge in [-0.25, -0.2) is 0 Å². The summed E-state index contributed by atoms with van der Waals surface area (Å²) in [5.41, 5.74) is 0.0191. The molecule has 1 aromatic rings. The SMILES string of the molecule is [2H]C([2H])(OS(C)(=O)=O)c1ccc(OC)c(OC)c1. The third-order valence-corrected chi connectivity index (χ3v) is 2.08. The summed E-state index contributed by atoms with van der Waals surface area (Å²) in [6.07, 6.45) is 0.783. The average molecular weight is 248 g/mol. The first kappa shape index (κ1) is 9.92. The molecule has 0 saturated heterocycles. The maximum absolute atomic E-state index is 11.0. The fraction of sp³-hybridized carbons (Fsp3) is 0.400. The van der Waals surface area contributed by atoms with Crippen molar-refractivity contribution in [3.05, 3.63) is 23.8 Å². The van der Waals surface area contributed by atoms with E-state index in [1.54, 1.807) is 0 Å². The van der Waals surface area contributed by atoms with Crippen LogP contribution in [-0.4, -0.2) is 28.9 Å². The lowest BCUT2D eigenvalue weighted by atomic mass is 10.2. The van der Waals surface area contributed by atoms with Crippen molar-refractivity contribution >= 4 is 10.1 Å². The fourth-order valence-electron chi connectivity index (χ4n) is 1.02. The van der Waals surface area contributed by atoms with Crippen molar-refractivity contribution in [2.45, 2.75) is 6.56 Å². The molecule has 0 spiro atoms. The van der Waals surface area contributed by atoms with Crippen LogP contribution in [0.4, 0.5) is 0 Å². The van der Waals surface area contributed by atoms with E-state index in [0.717, 1.165) is 6.26 Å². The van der Waals surface area contributed by atoms with E-state index in [1.165, 1.54) is 32.4 Å². The average Bonchev–Trinajstić information content (AvgIpc) is 2.24. The molecule has 0 aromatic heterocycles. The van der Waals surface area contributed by atoms with Crippen molar-refractivity contribution in [2.75, 3.05) is 20.5 Å². The monoisotopic (exact) mass is 248 g/mol. The highest BCUT2D eigenvalue weighted by molar-refractivity contribution is 7.85. The van der Waals surface area contributed by atoms with Crippen LogP contribution >= 0.6 is 0 Å². The highest BCUT2D eigenvalue weighted by Gasteiger charge is 2.07. The molecule has 90 valence electrons. The van der Waals surface area contributed by atoms with Crippen molar-refractivity contribution in [2.24, 2.45) is 0 Å². The van der Waals surface area contributed by atoms with Gasteiger partial charge in [-0.2, -0.15) is 8.42 Å². The number of benzene rings is 1. The molecule has 16 heavy (non-hydrogen) atoms. The smallest absolute Gasteiger partial charge is 0.264 e. The molecule has 0 heterocycles. The van der Waals surface area contributed by atoms with Gasteiger partial charge in [0.05, 0.1) is 29.8 Å². The Morgan fingerprint density at radius 1 is 1.25 bits per heavy atom. The Morgan fingerprint density at radius 3 is 2.38 bits per heavy atom. The minimum atomic E-state index is -3.91. The quantitative estimate of drug-likeness (QED) is 0.732. The number of hydrogen-bond acceptors (Lipinski definition) is 5. The minimum absolute atomic E-state index is 0.0191. The number of ether oxygens (including phenoxy) is 2. The molecule has 6 heteroatoms. The molecule has 0 saturated carbocycles. The molecule has 0 fully saturated rings. The Morgan fingerprint density at radius 2 is 1.88 bits per heavy atom. The normalized spacial score (nSPS) is 13.9. The molecule has 5 nitrogen and oxygen atoms in total. The zero-order chi connectivity index (χ0) is 14.0. The summed E-state index contributed by atoms with van der Waals surface area (Å²) in [5.74, 6) is 0.701. The van der Waals surface area contributed by atoms with Gasteiger partial charge in [-0.1, -0.05) is 6.07 Å².